The number of ketones is 1. The second-order valence-corrected chi connectivity index (χ2v) is 7.06. The molecule has 1 heterocycles. The van der Waals surface area contributed by atoms with Gasteiger partial charge in [-0.2, -0.15) is 0 Å². The Morgan fingerprint density at radius 3 is 2.36 bits per heavy atom. The zero-order valence-corrected chi connectivity index (χ0v) is 13.8. The molecule has 1 amide bonds. The van der Waals surface area contributed by atoms with Gasteiger partial charge in [0.15, 0.2) is 6.23 Å². The summed E-state index contributed by atoms with van der Waals surface area (Å²) in [6, 6.07) is 8.83. The molecule has 120 valence electrons. The van der Waals surface area contributed by atoms with Crippen LogP contribution in [0.15, 0.2) is 30.3 Å². The molecule has 0 aliphatic carbocycles. The summed E-state index contributed by atoms with van der Waals surface area (Å²) in [7, 11) is 0. The molecule has 0 spiro atoms. The first-order valence-corrected chi connectivity index (χ1v) is 7.35. The van der Waals surface area contributed by atoms with Gasteiger partial charge in [0.2, 0.25) is 5.78 Å². The van der Waals surface area contributed by atoms with E-state index in [1.54, 1.807) is 45.0 Å². The van der Waals surface area contributed by atoms with Crippen molar-refractivity contribution < 1.29 is 19.1 Å². The number of hydrogen-bond acceptors (Lipinski definition) is 4. The van der Waals surface area contributed by atoms with Crippen molar-refractivity contribution in [3.05, 3.63) is 35.9 Å². The maximum atomic E-state index is 12.6. The van der Waals surface area contributed by atoms with E-state index in [2.05, 4.69) is 0 Å². The summed E-state index contributed by atoms with van der Waals surface area (Å²) in [5.41, 5.74) is -0.716. The lowest BCUT2D eigenvalue weighted by Crippen LogP contribution is -2.52. The van der Waals surface area contributed by atoms with E-state index in [9.17, 15) is 9.59 Å². The van der Waals surface area contributed by atoms with Gasteiger partial charge < -0.3 is 9.47 Å². The molecule has 1 fully saturated rings. The Balaban J connectivity index is 2.27. The molecule has 1 aliphatic heterocycles. The molecule has 0 saturated carbocycles. The molecule has 0 bridgehead atoms. The van der Waals surface area contributed by atoms with Gasteiger partial charge in [0.1, 0.15) is 5.60 Å². The first-order valence-electron chi connectivity index (χ1n) is 7.35. The topological polar surface area (TPSA) is 55.8 Å². The number of ether oxygens (including phenoxy) is 2. The van der Waals surface area contributed by atoms with Gasteiger partial charge in [-0.3, -0.25) is 9.69 Å². The third-order valence-electron chi connectivity index (χ3n) is 3.35. The van der Waals surface area contributed by atoms with Gasteiger partial charge in [-0.1, -0.05) is 30.3 Å². The summed E-state index contributed by atoms with van der Waals surface area (Å²) in [5, 5.41) is 0. The molecule has 22 heavy (non-hydrogen) atoms. The van der Waals surface area contributed by atoms with E-state index in [0.717, 1.165) is 0 Å². The molecule has 5 nitrogen and oxygen atoms in total. The number of carbonyl (C=O) groups is 2. The van der Waals surface area contributed by atoms with Crippen LogP contribution in [0, 0.1) is 0 Å². The minimum atomic E-state index is -0.952. The van der Waals surface area contributed by atoms with Crippen molar-refractivity contribution >= 4 is 11.9 Å². The largest absolute Gasteiger partial charge is 0.444 e. The molecular formula is C17H23NO4. The van der Waals surface area contributed by atoms with E-state index in [1.165, 1.54) is 4.90 Å². The average Bonchev–Trinajstić information content (AvgIpc) is 2.72. The molecule has 1 aromatic carbocycles. The number of hydrogen-bond donors (Lipinski definition) is 0. The summed E-state index contributed by atoms with van der Waals surface area (Å²) in [6.45, 7) is 9.38. The van der Waals surface area contributed by atoms with Gasteiger partial charge in [-0.15, -0.1) is 0 Å². The van der Waals surface area contributed by atoms with Crippen LogP contribution in [0.25, 0.3) is 0 Å². The van der Waals surface area contributed by atoms with E-state index in [4.69, 9.17) is 9.47 Å². The van der Waals surface area contributed by atoms with Crippen LogP contribution in [0.1, 0.15) is 45.0 Å². The van der Waals surface area contributed by atoms with E-state index in [0.29, 0.717) is 5.56 Å². The van der Waals surface area contributed by atoms with Gasteiger partial charge in [0.05, 0.1) is 12.1 Å². The number of amides is 1. The van der Waals surface area contributed by atoms with E-state index in [-0.39, 0.29) is 12.4 Å². The highest BCUT2D eigenvalue weighted by molar-refractivity contribution is 6.01. The zero-order valence-electron chi connectivity index (χ0n) is 13.8. The Labute approximate surface area is 131 Å². The molecule has 0 unspecified atom stereocenters. The van der Waals surface area contributed by atoms with Crippen molar-refractivity contribution in [1.29, 1.82) is 0 Å². The van der Waals surface area contributed by atoms with Gasteiger partial charge in [-0.25, -0.2) is 4.79 Å². The van der Waals surface area contributed by atoms with Gasteiger partial charge in [-0.05, 0) is 34.6 Å². The van der Waals surface area contributed by atoms with Crippen LogP contribution in [-0.4, -0.2) is 40.8 Å². The highest BCUT2D eigenvalue weighted by Crippen LogP contribution is 2.30. The highest BCUT2D eigenvalue weighted by Gasteiger charge is 2.48. The van der Waals surface area contributed by atoms with Gasteiger partial charge in [0.25, 0.3) is 0 Å². The summed E-state index contributed by atoms with van der Waals surface area (Å²) in [4.78, 5) is 26.5. The lowest BCUT2D eigenvalue weighted by Gasteiger charge is -2.34. The summed E-state index contributed by atoms with van der Waals surface area (Å²) in [5.74, 6) is -0.239. The molecule has 0 N–H and O–H groups in total. The van der Waals surface area contributed by atoms with Crippen LogP contribution in [0.2, 0.25) is 0 Å². The van der Waals surface area contributed by atoms with Crippen LogP contribution >= 0.6 is 0 Å². The molecule has 0 aromatic heterocycles. The molecular weight excluding hydrogens is 282 g/mol. The van der Waals surface area contributed by atoms with Crippen molar-refractivity contribution in [2.75, 3.05) is 6.61 Å². The number of rotatable bonds is 2. The summed E-state index contributed by atoms with van der Waals surface area (Å²) >= 11 is 0. The van der Waals surface area contributed by atoms with Crippen molar-refractivity contribution in [2.24, 2.45) is 0 Å². The molecule has 1 saturated heterocycles. The van der Waals surface area contributed by atoms with E-state index in [1.807, 2.05) is 19.9 Å². The number of Topliss-reactive ketones (excluding diaryl/α,β-unsaturated/α-hetero) is 1. The van der Waals surface area contributed by atoms with Gasteiger partial charge in [0, 0.05) is 5.56 Å². The average molecular weight is 305 g/mol. The third-order valence-corrected chi connectivity index (χ3v) is 3.35. The van der Waals surface area contributed by atoms with E-state index >= 15 is 0 Å². The predicted octanol–water partition coefficient (Wildman–Crippen LogP) is 3.24. The molecule has 2 rings (SSSR count). The lowest BCUT2D eigenvalue weighted by molar-refractivity contribution is -0.0127. The Morgan fingerprint density at radius 1 is 1.23 bits per heavy atom. The van der Waals surface area contributed by atoms with Crippen LogP contribution in [0.4, 0.5) is 4.79 Å². The Morgan fingerprint density at radius 2 is 1.82 bits per heavy atom. The van der Waals surface area contributed by atoms with Crippen molar-refractivity contribution in [1.82, 2.24) is 4.90 Å². The second-order valence-electron chi connectivity index (χ2n) is 7.06. The van der Waals surface area contributed by atoms with Crippen LogP contribution in [-0.2, 0) is 9.47 Å². The Hall–Kier alpha value is -1.88. The van der Waals surface area contributed by atoms with E-state index < -0.39 is 23.5 Å². The quantitative estimate of drug-likeness (QED) is 0.787. The fourth-order valence-corrected chi connectivity index (χ4v) is 2.34. The SMILES string of the molecule is CC(C)(C)OC(=O)N1[C@H](C(=O)c2ccccc2)OCC1(C)C. The summed E-state index contributed by atoms with van der Waals surface area (Å²) < 4.78 is 11.0. The first-order chi connectivity index (χ1) is 10.1. The van der Waals surface area contributed by atoms with Crippen LogP contribution in [0.3, 0.4) is 0 Å². The lowest BCUT2D eigenvalue weighted by atomic mass is 10.0. The molecule has 5 heteroatoms. The minimum absolute atomic E-state index is 0.239. The fourth-order valence-electron chi connectivity index (χ4n) is 2.34. The van der Waals surface area contributed by atoms with Crippen LogP contribution in [0.5, 0.6) is 0 Å². The molecule has 0 radical (unpaired) electrons. The zero-order chi connectivity index (χ0) is 16.5. The van der Waals surface area contributed by atoms with Crippen LogP contribution < -0.4 is 0 Å². The number of nitrogens with zero attached hydrogens (tertiary/aromatic N) is 1. The van der Waals surface area contributed by atoms with Crippen molar-refractivity contribution in [2.45, 2.75) is 52.0 Å². The monoisotopic (exact) mass is 305 g/mol. The summed E-state index contributed by atoms with van der Waals surface area (Å²) in [6.07, 6.45) is -1.49. The normalized spacial score (nSPS) is 20.8. The second kappa shape index (κ2) is 5.72. The number of carbonyl (C=O) groups excluding carboxylic acids is 2. The Bertz CT molecular complexity index is 560. The highest BCUT2D eigenvalue weighted by atomic mass is 16.6. The number of benzene rings is 1. The van der Waals surface area contributed by atoms with Gasteiger partial charge >= 0.3 is 6.09 Å². The smallest absolute Gasteiger partial charge is 0.413 e. The predicted molar refractivity (Wildman–Crippen MR) is 82.7 cm³/mol. The maximum absolute atomic E-state index is 12.6. The Kier molecular flexibility index (Phi) is 4.29. The first kappa shape index (κ1) is 16.5. The van der Waals surface area contributed by atoms with Crippen molar-refractivity contribution in [3.63, 3.8) is 0 Å². The fraction of sp³-hybridized carbons (Fsp3) is 0.529. The molecule has 1 aromatic rings. The molecule has 1 atom stereocenters. The standard InChI is InChI=1S/C17H23NO4/c1-16(2,3)22-15(20)18-14(21-11-17(18,4)5)13(19)12-9-7-6-8-10-12/h6-10,14H,11H2,1-5H3/t14-/m0/s1. The third kappa shape index (κ3) is 3.47. The minimum Gasteiger partial charge on any atom is -0.444 e. The maximum Gasteiger partial charge on any atom is 0.413 e. The van der Waals surface area contributed by atoms with Crippen molar-refractivity contribution in [3.8, 4) is 0 Å². The molecule has 1 aliphatic rings.